The van der Waals surface area contributed by atoms with Gasteiger partial charge in [0.1, 0.15) is 12.3 Å². The third kappa shape index (κ3) is 4.87. The average molecular weight is 424 g/mol. The monoisotopic (exact) mass is 424 g/mol. The third-order valence-electron chi connectivity index (χ3n) is 4.83. The van der Waals surface area contributed by atoms with Gasteiger partial charge in [-0.05, 0) is 41.8 Å². The predicted octanol–water partition coefficient (Wildman–Crippen LogP) is 5.06. The van der Waals surface area contributed by atoms with Crippen molar-refractivity contribution in [3.63, 3.8) is 0 Å². The number of carbonyl (C=O) groups is 2. The number of esters is 1. The smallest absolute Gasteiger partial charge is 0.359 e. The second kappa shape index (κ2) is 9.22. The number of aliphatic carboxylic acids is 1. The zero-order valence-corrected chi connectivity index (χ0v) is 17.4. The summed E-state index contributed by atoms with van der Waals surface area (Å²) < 4.78 is 5.52. The van der Waals surface area contributed by atoms with Crippen LogP contribution in [0.4, 0.5) is 0 Å². The highest BCUT2D eigenvalue weighted by atomic mass is 16.5. The minimum atomic E-state index is -1.02. The van der Waals surface area contributed by atoms with E-state index in [9.17, 15) is 9.59 Å². The molecule has 6 heteroatoms. The van der Waals surface area contributed by atoms with E-state index in [1.807, 2.05) is 55.5 Å². The molecule has 0 saturated heterocycles. The molecular formula is C26H20N2O4. The number of carboxylic acid groups (broad SMARTS) is 1. The van der Waals surface area contributed by atoms with Gasteiger partial charge in [-0.3, -0.25) is 0 Å². The fourth-order valence-corrected chi connectivity index (χ4v) is 3.22. The van der Waals surface area contributed by atoms with Gasteiger partial charge in [-0.25, -0.2) is 19.6 Å². The molecule has 32 heavy (non-hydrogen) atoms. The first-order valence-electron chi connectivity index (χ1n) is 10.0. The Hall–Kier alpha value is -4.32. The molecule has 0 amide bonds. The van der Waals surface area contributed by atoms with Crippen molar-refractivity contribution < 1.29 is 19.4 Å². The highest BCUT2D eigenvalue weighted by Crippen LogP contribution is 2.25. The van der Waals surface area contributed by atoms with Gasteiger partial charge in [-0.15, -0.1) is 0 Å². The van der Waals surface area contributed by atoms with Crippen LogP contribution in [-0.4, -0.2) is 27.0 Å². The molecule has 0 aliphatic heterocycles. The van der Waals surface area contributed by atoms with E-state index >= 15 is 0 Å². The third-order valence-corrected chi connectivity index (χ3v) is 4.83. The maximum atomic E-state index is 13.0. The van der Waals surface area contributed by atoms with Crippen molar-refractivity contribution in [1.82, 2.24) is 9.97 Å². The molecule has 4 aromatic rings. The Balaban J connectivity index is 1.72. The van der Waals surface area contributed by atoms with Gasteiger partial charge in [0, 0.05) is 11.6 Å². The highest BCUT2D eigenvalue weighted by Gasteiger charge is 2.19. The number of carboxylic acids is 1. The van der Waals surface area contributed by atoms with Crippen LogP contribution in [0, 0.1) is 6.92 Å². The van der Waals surface area contributed by atoms with Gasteiger partial charge in [-0.1, -0.05) is 60.7 Å². The first kappa shape index (κ1) is 20.9. The van der Waals surface area contributed by atoms with E-state index in [4.69, 9.17) is 14.8 Å². The number of ether oxygens (including phenoxy) is 1. The Morgan fingerprint density at radius 2 is 1.69 bits per heavy atom. The van der Waals surface area contributed by atoms with E-state index < -0.39 is 11.9 Å². The summed E-state index contributed by atoms with van der Waals surface area (Å²) in [5.74, 6) is -1.58. The second-order valence-electron chi connectivity index (χ2n) is 7.27. The number of fused-ring (bicyclic) bond motifs is 1. The first-order valence-corrected chi connectivity index (χ1v) is 10.0. The first-order chi connectivity index (χ1) is 15.5. The SMILES string of the molecule is Cc1ccc2nc(C(=O)OCc3ccccc3)c(-c3ccc(/C=C/C(=O)O)cc3)nc2c1. The molecule has 0 unspecified atom stereocenters. The lowest BCUT2D eigenvalue weighted by atomic mass is 10.1. The second-order valence-corrected chi connectivity index (χ2v) is 7.27. The Bertz CT molecular complexity index is 1310. The maximum absolute atomic E-state index is 13.0. The van der Waals surface area contributed by atoms with Crippen molar-refractivity contribution in [3.8, 4) is 11.3 Å². The van der Waals surface area contributed by atoms with Crippen LogP contribution in [0.2, 0.25) is 0 Å². The zero-order valence-electron chi connectivity index (χ0n) is 17.4. The lowest BCUT2D eigenvalue weighted by Crippen LogP contribution is -2.11. The summed E-state index contributed by atoms with van der Waals surface area (Å²) in [4.78, 5) is 33.0. The maximum Gasteiger partial charge on any atom is 0.359 e. The molecule has 0 spiro atoms. The zero-order chi connectivity index (χ0) is 22.5. The van der Waals surface area contributed by atoms with E-state index in [1.54, 1.807) is 24.3 Å². The number of nitrogens with zero attached hydrogens (tertiary/aromatic N) is 2. The molecule has 0 aliphatic carbocycles. The normalized spacial score (nSPS) is 11.0. The van der Waals surface area contributed by atoms with Crippen molar-refractivity contribution >= 4 is 29.0 Å². The Morgan fingerprint density at radius 1 is 0.938 bits per heavy atom. The fraction of sp³-hybridized carbons (Fsp3) is 0.0769. The topological polar surface area (TPSA) is 89.4 Å². The average Bonchev–Trinajstić information content (AvgIpc) is 2.81. The fourth-order valence-electron chi connectivity index (χ4n) is 3.22. The van der Waals surface area contributed by atoms with Crippen LogP contribution in [0.25, 0.3) is 28.4 Å². The minimum Gasteiger partial charge on any atom is -0.478 e. The molecule has 3 aromatic carbocycles. The van der Waals surface area contributed by atoms with Crippen molar-refractivity contribution in [2.75, 3.05) is 0 Å². The number of aryl methyl sites for hydroxylation is 1. The molecule has 0 atom stereocenters. The van der Waals surface area contributed by atoms with E-state index in [0.717, 1.165) is 17.2 Å². The van der Waals surface area contributed by atoms with Crippen LogP contribution in [0.5, 0.6) is 0 Å². The van der Waals surface area contributed by atoms with E-state index in [1.165, 1.54) is 6.08 Å². The van der Waals surface area contributed by atoms with Crippen molar-refractivity contribution in [1.29, 1.82) is 0 Å². The lowest BCUT2D eigenvalue weighted by molar-refractivity contribution is -0.131. The Kier molecular flexibility index (Phi) is 6.03. The van der Waals surface area contributed by atoms with Gasteiger partial charge >= 0.3 is 11.9 Å². The molecule has 0 aliphatic rings. The number of benzene rings is 3. The predicted molar refractivity (Wildman–Crippen MR) is 122 cm³/mol. The molecular weight excluding hydrogens is 404 g/mol. The van der Waals surface area contributed by atoms with Crippen LogP contribution in [-0.2, 0) is 16.1 Å². The summed E-state index contributed by atoms with van der Waals surface area (Å²) >= 11 is 0. The van der Waals surface area contributed by atoms with Gasteiger partial charge in [0.15, 0.2) is 5.69 Å². The van der Waals surface area contributed by atoms with Gasteiger partial charge in [0.2, 0.25) is 0 Å². The quantitative estimate of drug-likeness (QED) is 0.344. The number of carbonyl (C=O) groups excluding carboxylic acids is 1. The number of hydrogen-bond donors (Lipinski definition) is 1. The molecule has 158 valence electrons. The largest absolute Gasteiger partial charge is 0.478 e. The van der Waals surface area contributed by atoms with Crippen LogP contribution in [0.15, 0.2) is 78.9 Å². The lowest BCUT2D eigenvalue weighted by Gasteiger charge is -2.11. The van der Waals surface area contributed by atoms with Crippen LogP contribution in [0.1, 0.15) is 27.2 Å². The molecule has 0 fully saturated rings. The standard InChI is InChI=1S/C26H20N2O4/c1-17-7-13-21-22(15-17)28-24(20-11-8-18(9-12-20)10-14-23(29)30)25(27-21)26(31)32-16-19-5-3-2-4-6-19/h2-15H,16H2,1H3,(H,29,30)/b14-10+. The van der Waals surface area contributed by atoms with Crippen molar-refractivity contribution in [2.45, 2.75) is 13.5 Å². The van der Waals surface area contributed by atoms with Gasteiger partial charge in [0.25, 0.3) is 0 Å². The van der Waals surface area contributed by atoms with E-state index in [0.29, 0.717) is 27.9 Å². The summed E-state index contributed by atoms with van der Waals surface area (Å²) in [6.45, 7) is 2.10. The molecule has 0 saturated carbocycles. The van der Waals surface area contributed by atoms with Gasteiger partial charge in [0.05, 0.1) is 11.0 Å². The molecule has 1 aromatic heterocycles. The van der Waals surface area contributed by atoms with Gasteiger partial charge < -0.3 is 9.84 Å². The minimum absolute atomic E-state index is 0.131. The summed E-state index contributed by atoms with van der Waals surface area (Å²) in [5, 5.41) is 8.80. The van der Waals surface area contributed by atoms with Gasteiger partial charge in [-0.2, -0.15) is 0 Å². The van der Waals surface area contributed by atoms with E-state index in [2.05, 4.69) is 4.98 Å². The van der Waals surface area contributed by atoms with Crippen LogP contribution < -0.4 is 0 Å². The van der Waals surface area contributed by atoms with E-state index in [-0.39, 0.29) is 12.3 Å². The van der Waals surface area contributed by atoms with Crippen molar-refractivity contribution in [2.24, 2.45) is 0 Å². The van der Waals surface area contributed by atoms with Crippen LogP contribution in [0.3, 0.4) is 0 Å². The summed E-state index contributed by atoms with van der Waals surface area (Å²) in [5.41, 5.74) is 5.13. The molecule has 0 radical (unpaired) electrons. The summed E-state index contributed by atoms with van der Waals surface area (Å²) in [6.07, 6.45) is 2.57. The molecule has 1 heterocycles. The van der Waals surface area contributed by atoms with Crippen LogP contribution >= 0.6 is 0 Å². The molecule has 1 N–H and O–H groups in total. The molecule has 4 rings (SSSR count). The highest BCUT2D eigenvalue weighted by molar-refractivity contribution is 5.97. The number of aromatic nitrogens is 2. The van der Waals surface area contributed by atoms with Crippen molar-refractivity contribution in [3.05, 3.63) is 101 Å². The summed E-state index contributed by atoms with van der Waals surface area (Å²) in [6, 6.07) is 22.2. The summed E-state index contributed by atoms with van der Waals surface area (Å²) in [7, 11) is 0. The Morgan fingerprint density at radius 3 is 2.41 bits per heavy atom. The molecule has 6 nitrogen and oxygen atoms in total. The number of rotatable bonds is 6. The number of hydrogen-bond acceptors (Lipinski definition) is 5. The Labute approximate surface area is 184 Å². The molecule has 0 bridgehead atoms.